The lowest BCUT2D eigenvalue weighted by molar-refractivity contribution is 0.0475. The van der Waals surface area contributed by atoms with E-state index in [-0.39, 0.29) is 6.10 Å². The molecule has 4 heteroatoms. The second kappa shape index (κ2) is 4.78. The molecule has 1 aromatic heterocycles. The molecule has 17 heavy (non-hydrogen) atoms. The number of rotatable bonds is 3. The highest BCUT2D eigenvalue weighted by Crippen LogP contribution is 2.40. The summed E-state index contributed by atoms with van der Waals surface area (Å²) in [7, 11) is 4.01. The van der Waals surface area contributed by atoms with Crippen molar-refractivity contribution in [1.82, 2.24) is 15.1 Å². The maximum absolute atomic E-state index is 5.94. The molecule has 5 atom stereocenters. The van der Waals surface area contributed by atoms with Gasteiger partial charge in [0.05, 0.1) is 23.9 Å². The van der Waals surface area contributed by atoms with Crippen LogP contribution in [-0.4, -0.2) is 29.0 Å². The highest BCUT2D eigenvalue weighted by molar-refractivity contribution is 5.10. The summed E-state index contributed by atoms with van der Waals surface area (Å²) in [6.45, 7) is 6.61. The summed E-state index contributed by atoms with van der Waals surface area (Å²) in [6.07, 6.45) is 2.47. The average Bonchev–Trinajstić information content (AvgIpc) is 2.79. The summed E-state index contributed by atoms with van der Waals surface area (Å²) in [6, 6.07) is 2.39. The van der Waals surface area contributed by atoms with Crippen LogP contribution in [0.4, 0.5) is 0 Å². The molecular weight excluding hydrogens is 214 g/mol. The van der Waals surface area contributed by atoms with Crippen LogP contribution in [0, 0.1) is 11.8 Å². The topological polar surface area (TPSA) is 39.1 Å². The molecule has 0 amide bonds. The fourth-order valence-corrected chi connectivity index (χ4v) is 3.09. The van der Waals surface area contributed by atoms with Crippen molar-refractivity contribution in [2.75, 3.05) is 7.05 Å². The number of ether oxygens (including phenoxy) is 1. The van der Waals surface area contributed by atoms with Crippen molar-refractivity contribution < 1.29 is 4.74 Å². The van der Waals surface area contributed by atoms with Crippen molar-refractivity contribution in [3.05, 3.63) is 18.0 Å². The Bertz CT molecular complexity index is 376. The first-order valence-corrected chi connectivity index (χ1v) is 6.37. The Hall–Kier alpha value is -0.870. The molecular formula is C13H23N3O. The molecule has 1 N–H and O–H groups in total. The average molecular weight is 237 g/mol. The van der Waals surface area contributed by atoms with Gasteiger partial charge in [-0.2, -0.15) is 5.10 Å². The molecule has 1 aromatic rings. The molecule has 1 aliphatic rings. The van der Waals surface area contributed by atoms with Gasteiger partial charge in [-0.3, -0.25) is 4.68 Å². The number of hydrogen-bond donors (Lipinski definition) is 1. The minimum Gasteiger partial charge on any atom is -0.375 e. The van der Waals surface area contributed by atoms with Crippen molar-refractivity contribution in [2.45, 2.75) is 39.0 Å². The van der Waals surface area contributed by atoms with Gasteiger partial charge >= 0.3 is 0 Å². The predicted octanol–water partition coefficient (Wildman–Crippen LogP) is 1.74. The van der Waals surface area contributed by atoms with Gasteiger partial charge < -0.3 is 10.1 Å². The van der Waals surface area contributed by atoms with E-state index in [2.05, 4.69) is 37.3 Å². The molecule has 5 unspecified atom stereocenters. The van der Waals surface area contributed by atoms with Gasteiger partial charge in [-0.15, -0.1) is 0 Å². The largest absolute Gasteiger partial charge is 0.375 e. The Kier molecular flexibility index (Phi) is 3.54. The zero-order chi connectivity index (χ0) is 12.6. The third-order valence-electron chi connectivity index (χ3n) is 4.19. The Morgan fingerprint density at radius 3 is 2.47 bits per heavy atom. The monoisotopic (exact) mass is 237 g/mol. The maximum atomic E-state index is 5.94. The Morgan fingerprint density at radius 1 is 1.35 bits per heavy atom. The van der Waals surface area contributed by atoms with E-state index in [1.54, 1.807) is 0 Å². The lowest BCUT2D eigenvalue weighted by Gasteiger charge is -2.28. The molecule has 4 nitrogen and oxygen atoms in total. The number of nitrogens with zero attached hydrogens (tertiary/aromatic N) is 2. The summed E-state index contributed by atoms with van der Waals surface area (Å²) in [4.78, 5) is 0. The number of nitrogens with one attached hydrogen (secondary N) is 1. The first kappa shape index (κ1) is 12.6. The molecule has 1 aliphatic heterocycles. The van der Waals surface area contributed by atoms with Crippen molar-refractivity contribution in [3.63, 3.8) is 0 Å². The third-order valence-corrected chi connectivity index (χ3v) is 4.19. The van der Waals surface area contributed by atoms with Gasteiger partial charge in [0, 0.05) is 19.2 Å². The van der Waals surface area contributed by atoms with E-state index in [9.17, 15) is 0 Å². The number of aryl methyl sites for hydroxylation is 1. The second-order valence-electron chi connectivity index (χ2n) is 5.13. The summed E-state index contributed by atoms with van der Waals surface area (Å²) < 4.78 is 7.89. The van der Waals surface area contributed by atoms with Crippen molar-refractivity contribution >= 4 is 0 Å². The van der Waals surface area contributed by atoms with Gasteiger partial charge in [-0.05, 0) is 32.9 Å². The van der Waals surface area contributed by atoms with Crippen LogP contribution in [0.3, 0.4) is 0 Å². The van der Waals surface area contributed by atoms with Crippen molar-refractivity contribution in [3.8, 4) is 0 Å². The molecule has 0 saturated carbocycles. The van der Waals surface area contributed by atoms with Crippen LogP contribution >= 0.6 is 0 Å². The molecule has 0 bridgehead atoms. The van der Waals surface area contributed by atoms with E-state index in [0.29, 0.717) is 24.0 Å². The van der Waals surface area contributed by atoms with Crippen LogP contribution in [-0.2, 0) is 11.8 Å². The van der Waals surface area contributed by atoms with Gasteiger partial charge in [-0.25, -0.2) is 0 Å². The SMILES string of the molecule is CNC(c1ccnn1C)C1C(C)OC(C)C1C. The van der Waals surface area contributed by atoms with E-state index < -0.39 is 0 Å². The maximum Gasteiger partial charge on any atom is 0.0601 e. The molecule has 2 heterocycles. The van der Waals surface area contributed by atoms with Crippen LogP contribution < -0.4 is 5.32 Å². The summed E-state index contributed by atoms with van der Waals surface area (Å²) in [5.41, 5.74) is 1.23. The molecule has 0 spiro atoms. The van der Waals surface area contributed by atoms with E-state index >= 15 is 0 Å². The van der Waals surface area contributed by atoms with Gasteiger partial charge in [-0.1, -0.05) is 6.92 Å². The quantitative estimate of drug-likeness (QED) is 0.870. The van der Waals surface area contributed by atoms with Gasteiger partial charge in [0.1, 0.15) is 0 Å². The number of aromatic nitrogens is 2. The van der Waals surface area contributed by atoms with E-state index in [1.165, 1.54) is 5.69 Å². The lowest BCUT2D eigenvalue weighted by Crippen LogP contribution is -2.34. The van der Waals surface area contributed by atoms with Crippen LogP contribution in [0.2, 0.25) is 0 Å². The standard InChI is InChI=1S/C13H23N3O/c1-8-9(2)17-10(3)12(8)13(14-4)11-6-7-15-16(11)5/h6-10,12-14H,1-5H3. The smallest absolute Gasteiger partial charge is 0.0601 e. The third kappa shape index (κ3) is 2.11. The summed E-state index contributed by atoms with van der Waals surface area (Å²) >= 11 is 0. The fourth-order valence-electron chi connectivity index (χ4n) is 3.09. The molecule has 1 saturated heterocycles. The highest BCUT2D eigenvalue weighted by atomic mass is 16.5. The van der Waals surface area contributed by atoms with Gasteiger partial charge in [0.2, 0.25) is 0 Å². The van der Waals surface area contributed by atoms with E-state index in [0.717, 1.165) is 0 Å². The van der Waals surface area contributed by atoms with Crippen LogP contribution in [0.15, 0.2) is 12.3 Å². The second-order valence-corrected chi connectivity index (χ2v) is 5.13. The van der Waals surface area contributed by atoms with Gasteiger partial charge in [0.15, 0.2) is 0 Å². The molecule has 96 valence electrons. The molecule has 0 aliphatic carbocycles. The van der Waals surface area contributed by atoms with Crippen LogP contribution in [0.1, 0.15) is 32.5 Å². The Labute approximate surface area is 103 Å². The Balaban J connectivity index is 2.27. The van der Waals surface area contributed by atoms with Gasteiger partial charge in [0.25, 0.3) is 0 Å². The zero-order valence-electron chi connectivity index (χ0n) is 11.3. The van der Waals surface area contributed by atoms with E-state index in [4.69, 9.17) is 4.74 Å². The van der Waals surface area contributed by atoms with Crippen molar-refractivity contribution in [2.24, 2.45) is 18.9 Å². The minimum absolute atomic E-state index is 0.285. The van der Waals surface area contributed by atoms with Crippen molar-refractivity contribution in [1.29, 1.82) is 0 Å². The minimum atomic E-state index is 0.285. The lowest BCUT2D eigenvalue weighted by atomic mass is 9.82. The summed E-state index contributed by atoms with van der Waals surface area (Å²) in [5, 5.41) is 7.69. The Morgan fingerprint density at radius 2 is 2.06 bits per heavy atom. The normalized spacial score (nSPS) is 35.1. The molecule has 2 rings (SSSR count). The fraction of sp³-hybridized carbons (Fsp3) is 0.769. The number of hydrogen-bond acceptors (Lipinski definition) is 3. The summed E-state index contributed by atoms with van der Waals surface area (Å²) in [5.74, 6) is 1.04. The first-order valence-electron chi connectivity index (χ1n) is 6.37. The highest BCUT2D eigenvalue weighted by Gasteiger charge is 2.42. The molecule has 1 fully saturated rings. The first-order chi connectivity index (χ1) is 8.06. The van der Waals surface area contributed by atoms with Crippen LogP contribution in [0.5, 0.6) is 0 Å². The van der Waals surface area contributed by atoms with Crippen LogP contribution in [0.25, 0.3) is 0 Å². The van der Waals surface area contributed by atoms with E-state index in [1.807, 2.05) is 25.0 Å². The zero-order valence-corrected chi connectivity index (χ0v) is 11.3. The molecule has 0 radical (unpaired) electrons. The molecule has 0 aromatic carbocycles. The predicted molar refractivity (Wildman–Crippen MR) is 67.7 cm³/mol.